The second kappa shape index (κ2) is 5.40. The molecule has 2 nitrogen and oxygen atoms in total. The minimum absolute atomic E-state index is 0.139. The predicted octanol–water partition coefficient (Wildman–Crippen LogP) is 4.12. The van der Waals surface area contributed by atoms with Crippen molar-refractivity contribution in [2.45, 2.75) is 16.7 Å². The van der Waals surface area contributed by atoms with Gasteiger partial charge >= 0.3 is 5.97 Å². The highest BCUT2D eigenvalue weighted by Gasteiger charge is 2.12. The smallest absolute Gasteiger partial charge is 0.336 e. The topological polar surface area (TPSA) is 37.3 Å². The van der Waals surface area contributed by atoms with E-state index in [4.69, 9.17) is 5.11 Å². The molecule has 0 saturated carbocycles. The molecule has 0 aliphatic heterocycles. The summed E-state index contributed by atoms with van der Waals surface area (Å²) >= 11 is 1.09. The highest BCUT2D eigenvalue weighted by Crippen LogP contribution is 2.32. The number of aromatic carboxylic acids is 1. The highest BCUT2D eigenvalue weighted by molar-refractivity contribution is 7.99. The van der Waals surface area contributed by atoms with E-state index in [1.807, 2.05) is 6.92 Å². The molecule has 0 aromatic heterocycles. The zero-order valence-electron chi connectivity index (χ0n) is 9.98. The van der Waals surface area contributed by atoms with E-state index in [-0.39, 0.29) is 5.56 Å². The van der Waals surface area contributed by atoms with Crippen LogP contribution in [0.3, 0.4) is 0 Å². The van der Waals surface area contributed by atoms with Crippen LogP contribution in [0.4, 0.5) is 8.78 Å². The Kier molecular flexibility index (Phi) is 3.85. The number of carboxylic acids is 1. The zero-order chi connectivity index (χ0) is 14.0. The number of rotatable bonds is 3. The third-order valence-electron chi connectivity index (χ3n) is 2.49. The number of hydrogen-bond acceptors (Lipinski definition) is 2. The molecular weight excluding hydrogens is 270 g/mol. The van der Waals surface area contributed by atoms with Crippen LogP contribution in [0.2, 0.25) is 0 Å². The molecule has 0 saturated heterocycles. The van der Waals surface area contributed by atoms with Crippen molar-refractivity contribution in [2.75, 3.05) is 0 Å². The SMILES string of the molecule is Cc1ccc(C(=O)O)c(Sc2ccc(F)c(F)c2)c1. The number of benzene rings is 2. The van der Waals surface area contributed by atoms with Crippen LogP contribution in [0, 0.1) is 18.6 Å². The Bertz CT molecular complexity index is 641. The first-order valence-corrected chi connectivity index (χ1v) is 6.26. The van der Waals surface area contributed by atoms with Gasteiger partial charge in [-0.2, -0.15) is 0 Å². The molecule has 0 unspecified atom stereocenters. The monoisotopic (exact) mass is 280 g/mol. The van der Waals surface area contributed by atoms with Crippen LogP contribution < -0.4 is 0 Å². The largest absolute Gasteiger partial charge is 0.478 e. The van der Waals surface area contributed by atoms with Gasteiger partial charge in [0.2, 0.25) is 0 Å². The van der Waals surface area contributed by atoms with E-state index in [0.717, 1.165) is 29.5 Å². The summed E-state index contributed by atoms with van der Waals surface area (Å²) in [5.74, 6) is -2.92. The third-order valence-corrected chi connectivity index (χ3v) is 3.53. The van der Waals surface area contributed by atoms with Crippen LogP contribution in [0.5, 0.6) is 0 Å². The molecule has 0 amide bonds. The Labute approximate surface area is 113 Å². The van der Waals surface area contributed by atoms with Crippen molar-refractivity contribution >= 4 is 17.7 Å². The van der Waals surface area contributed by atoms with E-state index in [2.05, 4.69) is 0 Å². The van der Waals surface area contributed by atoms with Crippen molar-refractivity contribution < 1.29 is 18.7 Å². The van der Waals surface area contributed by atoms with E-state index in [0.29, 0.717) is 9.79 Å². The van der Waals surface area contributed by atoms with Gasteiger partial charge in [0, 0.05) is 9.79 Å². The van der Waals surface area contributed by atoms with Gasteiger partial charge in [0.25, 0.3) is 0 Å². The van der Waals surface area contributed by atoms with Gasteiger partial charge in [0.05, 0.1) is 5.56 Å². The van der Waals surface area contributed by atoms with Gasteiger partial charge in [-0.05, 0) is 42.8 Å². The number of carbonyl (C=O) groups is 1. The van der Waals surface area contributed by atoms with Crippen LogP contribution in [0.15, 0.2) is 46.2 Å². The maximum absolute atomic E-state index is 13.1. The fraction of sp³-hybridized carbons (Fsp3) is 0.0714. The fourth-order valence-corrected chi connectivity index (χ4v) is 2.62. The second-order valence-electron chi connectivity index (χ2n) is 3.98. The summed E-state index contributed by atoms with van der Waals surface area (Å²) in [5.41, 5.74) is 1.04. The third kappa shape index (κ3) is 3.12. The molecule has 0 aliphatic rings. The van der Waals surface area contributed by atoms with Crippen molar-refractivity contribution in [3.05, 3.63) is 59.2 Å². The molecule has 0 spiro atoms. The van der Waals surface area contributed by atoms with E-state index < -0.39 is 17.6 Å². The van der Waals surface area contributed by atoms with Crippen molar-refractivity contribution in [1.29, 1.82) is 0 Å². The average molecular weight is 280 g/mol. The molecular formula is C14H10F2O2S. The fourth-order valence-electron chi connectivity index (χ4n) is 1.56. The molecule has 19 heavy (non-hydrogen) atoms. The molecule has 2 aromatic rings. The van der Waals surface area contributed by atoms with Crippen LogP contribution >= 0.6 is 11.8 Å². The first-order valence-electron chi connectivity index (χ1n) is 5.44. The summed E-state index contributed by atoms with van der Waals surface area (Å²) in [6.07, 6.45) is 0. The van der Waals surface area contributed by atoms with Crippen molar-refractivity contribution in [3.63, 3.8) is 0 Å². The van der Waals surface area contributed by atoms with Gasteiger partial charge in [-0.3, -0.25) is 0 Å². The Morgan fingerprint density at radius 1 is 1.11 bits per heavy atom. The van der Waals surface area contributed by atoms with Gasteiger partial charge in [-0.15, -0.1) is 0 Å². The second-order valence-corrected chi connectivity index (χ2v) is 5.10. The number of hydrogen-bond donors (Lipinski definition) is 1. The Morgan fingerprint density at radius 2 is 1.84 bits per heavy atom. The van der Waals surface area contributed by atoms with Crippen LogP contribution in [0.25, 0.3) is 0 Å². The molecule has 98 valence electrons. The van der Waals surface area contributed by atoms with Crippen LogP contribution in [-0.4, -0.2) is 11.1 Å². The molecule has 0 atom stereocenters. The molecule has 0 fully saturated rings. The van der Waals surface area contributed by atoms with E-state index in [1.54, 1.807) is 12.1 Å². The lowest BCUT2D eigenvalue weighted by molar-refractivity contribution is 0.0693. The quantitative estimate of drug-likeness (QED) is 0.918. The maximum atomic E-state index is 13.1. The van der Waals surface area contributed by atoms with Gasteiger partial charge in [0.15, 0.2) is 11.6 Å². The molecule has 0 radical (unpaired) electrons. The van der Waals surface area contributed by atoms with Crippen molar-refractivity contribution in [2.24, 2.45) is 0 Å². The summed E-state index contributed by atoms with van der Waals surface area (Å²) in [5, 5.41) is 9.09. The van der Waals surface area contributed by atoms with Crippen LogP contribution in [0.1, 0.15) is 15.9 Å². The minimum Gasteiger partial charge on any atom is -0.478 e. The Morgan fingerprint density at radius 3 is 2.47 bits per heavy atom. The Balaban J connectivity index is 2.39. The number of carboxylic acid groups (broad SMARTS) is 1. The standard InChI is InChI=1S/C14H10F2O2S/c1-8-2-4-10(14(17)18)13(6-8)19-9-3-5-11(15)12(16)7-9/h2-7H,1H3,(H,17,18). The van der Waals surface area contributed by atoms with E-state index in [1.165, 1.54) is 12.1 Å². The molecule has 0 aliphatic carbocycles. The molecule has 1 N–H and O–H groups in total. The minimum atomic E-state index is -1.05. The summed E-state index contributed by atoms with van der Waals surface area (Å²) in [6.45, 7) is 1.83. The molecule has 5 heteroatoms. The lowest BCUT2D eigenvalue weighted by Crippen LogP contribution is -1.99. The molecule has 2 aromatic carbocycles. The predicted molar refractivity (Wildman–Crippen MR) is 68.6 cm³/mol. The van der Waals surface area contributed by atoms with Gasteiger partial charge < -0.3 is 5.11 Å². The number of halogens is 2. The first kappa shape index (κ1) is 13.5. The first-order chi connectivity index (χ1) is 8.97. The molecule has 0 heterocycles. The normalized spacial score (nSPS) is 10.5. The van der Waals surface area contributed by atoms with Crippen molar-refractivity contribution in [1.82, 2.24) is 0 Å². The lowest BCUT2D eigenvalue weighted by atomic mass is 10.1. The molecule has 0 bridgehead atoms. The molecule has 2 rings (SSSR count). The Hall–Kier alpha value is -1.88. The lowest BCUT2D eigenvalue weighted by Gasteiger charge is -2.07. The maximum Gasteiger partial charge on any atom is 0.336 e. The summed E-state index contributed by atoms with van der Waals surface area (Å²) in [7, 11) is 0. The summed E-state index contributed by atoms with van der Waals surface area (Å²) < 4.78 is 25.9. The van der Waals surface area contributed by atoms with Gasteiger partial charge in [0.1, 0.15) is 0 Å². The van der Waals surface area contributed by atoms with Gasteiger partial charge in [-0.1, -0.05) is 17.8 Å². The highest BCUT2D eigenvalue weighted by atomic mass is 32.2. The summed E-state index contributed by atoms with van der Waals surface area (Å²) in [4.78, 5) is 12.0. The van der Waals surface area contributed by atoms with Crippen LogP contribution in [-0.2, 0) is 0 Å². The van der Waals surface area contributed by atoms with E-state index in [9.17, 15) is 13.6 Å². The summed E-state index contributed by atoms with van der Waals surface area (Å²) in [6, 6.07) is 8.38. The average Bonchev–Trinajstić information content (AvgIpc) is 2.33. The van der Waals surface area contributed by atoms with Gasteiger partial charge in [-0.25, -0.2) is 13.6 Å². The zero-order valence-corrected chi connectivity index (χ0v) is 10.8. The van der Waals surface area contributed by atoms with E-state index >= 15 is 0 Å². The van der Waals surface area contributed by atoms with Crippen molar-refractivity contribution in [3.8, 4) is 0 Å². The number of aryl methyl sites for hydroxylation is 1.